The summed E-state index contributed by atoms with van der Waals surface area (Å²) < 4.78 is 13.5. The van der Waals surface area contributed by atoms with Gasteiger partial charge in [-0.05, 0) is 53.8 Å². The number of carbonyl (C=O) groups excluding carboxylic acids is 1. The zero-order valence-electron chi connectivity index (χ0n) is 22.8. The third kappa shape index (κ3) is 5.44. The molecule has 0 bridgehead atoms. The summed E-state index contributed by atoms with van der Waals surface area (Å²) in [5.74, 6) is 1.34. The second-order valence-electron chi connectivity index (χ2n) is 11.9. The summed E-state index contributed by atoms with van der Waals surface area (Å²) in [7, 11) is -1.99. The molecule has 0 heterocycles. The molecule has 0 amide bonds. The molecule has 2 aliphatic carbocycles. The number of hydrogen-bond donors (Lipinski definition) is 0. The van der Waals surface area contributed by atoms with Crippen LogP contribution >= 0.6 is 0 Å². The van der Waals surface area contributed by atoms with Gasteiger partial charge in [0.25, 0.3) is 0 Å². The first-order valence-electron chi connectivity index (χ1n) is 13.6. The number of benzene rings is 1. The Hall–Kier alpha value is -1.23. The molecule has 0 aliphatic heterocycles. The lowest BCUT2D eigenvalue weighted by molar-refractivity contribution is -0.119. The molecule has 1 fully saturated rings. The fraction of sp³-hybridized carbons (Fsp3) is 0.700. The van der Waals surface area contributed by atoms with Crippen LogP contribution in [0.5, 0.6) is 0 Å². The smallest absolute Gasteiger partial charge is 0.200 e. The normalized spacial score (nSPS) is 29.9. The van der Waals surface area contributed by atoms with Crippen molar-refractivity contribution >= 4 is 14.6 Å². The summed E-state index contributed by atoms with van der Waals surface area (Å²) in [5.41, 5.74) is 4.19. The van der Waals surface area contributed by atoms with E-state index in [-0.39, 0.29) is 17.9 Å². The Kier molecular flexibility index (Phi) is 9.39. The minimum Gasteiger partial charge on any atom is -0.413 e. The molecule has 0 N–H and O–H groups in total. The van der Waals surface area contributed by atoms with Crippen LogP contribution in [0.1, 0.15) is 73.8 Å². The van der Waals surface area contributed by atoms with Gasteiger partial charge in [0.2, 0.25) is 8.32 Å². The third-order valence-electron chi connectivity index (χ3n) is 9.02. The van der Waals surface area contributed by atoms with Gasteiger partial charge in [-0.2, -0.15) is 0 Å². The molecule has 2 aliphatic rings. The van der Waals surface area contributed by atoms with Crippen LogP contribution in [0.15, 0.2) is 42.0 Å². The van der Waals surface area contributed by atoms with Gasteiger partial charge in [-0.15, -0.1) is 0 Å². The van der Waals surface area contributed by atoms with E-state index in [0.717, 1.165) is 12.8 Å². The van der Waals surface area contributed by atoms with Crippen molar-refractivity contribution in [2.75, 3.05) is 6.61 Å². The highest BCUT2D eigenvalue weighted by Crippen LogP contribution is 2.51. The summed E-state index contributed by atoms with van der Waals surface area (Å²) in [5, 5.41) is 0. The van der Waals surface area contributed by atoms with Crippen molar-refractivity contribution < 1.29 is 14.0 Å². The minimum atomic E-state index is -1.99. The molecule has 6 atom stereocenters. The van der Waals surface area contributed by atoms with Crippen molar-refractivity contribution in [1.82, 2.24) is 0 Å². The SMILES string of the molecule is CC1=C[C@@H]2[C@@H]([C@@H](C=O)[C@H]1COCc1ccccc1)[C@H](C)CC[C@H]2O[Si](C(C)C)(C(C)C)C(C)C. The average Bonchev–Trinajstić information content (AvgIpc) is 2.79. The largest absolute Gasteiger partial charge is 0.413 e. The van der Waals surface area contributed by atoms with E-state index in [1.54, 1.807) is 0 Å². The third-order valence-corrected chi connectivity index (χ3v) is 15.1. The van der Waals surface area contributed by atoms with Gasteiger partial charge in [0.1, 0.15) is 6.29 Å². The predicted octanol–water partition coefficient (Wildman–Crippen LogP) is 7.82. The van der Waals surface area contributed by atoms with Crippen LogP contribution in [0.2, 0.25) is 16.6 Å². The average molecular weight is 485 g/mol. The van der Waals surface area contributed by atoms with Crippen molar-refractivity contribution in [1.29, 1.82) is 0 Å². The summed E-state index contributed by atoms with van der Waals surface area (Å²) in [4.78, 5) is 12.6. The van der Waals surface area contributed by atoms with Gasteiger partial charge in [-0.3, -0.25) is 0 Å². The van der Waals surface area contributed by atoms with E-state index >= 15 is 0 Å². The molecule has 3 nitrogen and oxygen atoms in total. The van der Waals surface area contributed by atoms with Crippen molar-refractivity contribution in [2.45, 2.75) is 97.6 Å². The lowest BCUT2D eigenvalue weighted by Gasteiger charge is -2.52. The first-order chi connectivity index (χ1) is 16.1. The molecule has 0 unspecified atom stereocenters. The molecule has 34 heavy (non-hydrogen) atoms. The van der Waals surface area contributed by atoms with E-state index in [1.807, 2.05) is 18.2 Å². The fourth-order valence-corrected chi connectivity index (χ4v) is 13.0. The number of rotatable bonds is 10. The summed E-state index contributed by atoms with van der Waals surface area (Å²) >= 11 is 0. The predicted molar refractivity (Wildman–Crippen MR) is 144 cm³/mol. The molecule has 0 spiro atoms. The number of ether oxygens (including phenoxy) is 1. The Morgan fingerprint density at radius 1 is 1.00 bits per heavy atom. The number of aldehydes is 1. The standard InChI is InChI=1S/C30H48O3Si/c1-20(2)34(21(3)4,22(5)6)33-29-15-14-23(7)30-26(29)16-24(8)28(27(30)17-31)19-32-18-25-12-10-9-11-13-25/h9-13,16-17,20-23,26-30H,14-15,18-19H2,1-8H3/t23-,26+,27+,28+,29-,30+/m1/s1. The van der Waals surface area contributed by atoms with E-state index in [1.165, 1.54) is 17.4 Å². The quantitative estimate of drug-likeness (QED) is 0.193. The van der Waals surface area contributed by atoms with Gasteiger partial charge in [0.15, 0.2) is 0 Å². The minimum absolute atomic E-state index is 0.000361. The van der Waals surface area contributed by atoms with Crippen LogP contribution < -0.4 is 0 Å². The van der Waals surface area contributed by atoms with E-state index in [9.17, 15) is 4.79 Å². The van der Waals surface area contributed by atoms with Gasteiger partial charge in [-0.25, -0.2) is 0 Å². The lowest BCUT2D eigenvalue weighted by atomic mass is 9.59. The van der Waals surface area contributed by atoms with Crippen molar-refractivity contribution in [3.8, 4) is 0 Å². The zero-order chi connectivity index (χ0) is 25.0. The molecule has 1 aromatic rings. The van der Waals surface area contributed by atoms with Crippen LogP contribution in [-0.4, -0.2) is 27.3 Å². The van der Waals surface area contributed by atoms with Gasteiger partial charge in [-0.1, -0.05) is 90.4 Å². The molecular formula is C30H48O3Si. The molecule has 0 saturated heterocycles. The molecular weight excluding hydrogens is 436 g/mol. The van der Waals surface area contributed by atoms with Gasteiger partial charge >= 0.3 is 0 Å². The van der Waals surface area contributed by atoms with Crippen LogP contribution in [-0.2, 0) is 20.6 Å². The second kappa shape index (κ2) is 11.7. The Morgan fingerprint density at radius 2 is 1.62 bits per heavy atom. The molecule has 3 rings (SSSR count). The Labute approximate surface area is 209 Å². The van der Waals surface area contributed by atoms with Crippen LogP contribution in [0.4, 0.5) is 0 Å². The molecule has 1 saturated carbocycles. The summed E-state index contributed by atoms with van der Waals surface area (Å²) in [6.45, 7) is 19.9. The maximum Gasteiger partial charge on any atom is 0.200 e. The maximum atomic E-state index is 12.6. The molecule has 1 aromatic carbocycles. The van der Waals surface area contributed by atoms with Gasteiger partial charge < -0.3 is 14.0 Å². The highest BCUT2D eigenvalue weighted by molar-refractivity contribution is 6.77. The molecule has 0 aromatic heterocycles. The zero-order valence-corrected chi connectivity index (χ0v) is 23.8. The number of fused-ring (bicyclic) bond motifs is 1. The van der Waals surface area contributed by atoms with Gasteiger partial charge in [0.05, 0.1) is 19.3 Å². The van der Waals surface area contributed by atoms with E-state index < -0.39 is 8.32 Å². The lowest BCUT2D eigenvalue weighted by Crippen LogP contribution is -2.55. The van der Waals surface area contributed by atoms with Crippen molar-refractivity contribution in [2.24, 2.45) is 29.6 Å². The first kappa shape index (κ1) is 27.4. The highest BCUT2D eigenvalue weighted by atomic mass is 28.4. The summed E-state index contributed by atoms with van der Waals surface area (Å²) in [6, 6.07) is 10.3. The Balaban J connectivity index is 1.84. The van der Waals surface area contributed by atoms with Crippen LogP contribution in [0.25, 0.3) is 0 Å². The van der Waals surface area contributed by atoms with E-state index in [4.69, 9.17) is 9.16 Å². The topological polar surface area (TPSA) is 35.5 Å². The van der Waals surface area contributed by atoms with E-state index in [0.29, 0.717) is 47.6 Å². The fourth-order valence-electron chi connectivity index (χ4n) is 7.41. The monoisotopic (exact) mass is 484 g/mol. The van der Waals surface area contributed by atoms with E-state index in [2.05, 4.69) is 73.6 Å². The van der Waals surface area contributed by atoms with Crippen molar-refractivity contribution in [3.05, 3.63) is 47.5 Å². The first-order valence-corrected chi connectivity index (χ1v) is 15.7. The molecule has 0 radical (unpaired) electrons. The number of hydrogen-bond acceptors (Lipinski definition) is 3. The van der Waals surface area contributed by atoms with Crippen molar-refractivity contribution in [3.63, 3.8) is 0 Å². The second-order valence-corrected chi connectivity index (χ2v) is 17.3. The van der Waals surface area contributed by atoms with Gasteiger partial charge in [0, 0.05) is 17.8 Å². The molecule has 4 heteroatoms. The van der Waals surface area contributed by atoms with Crippen LogP contribution in [0, 0.1) is 29.6 Å². The Bertz CT molecular complexity index is 794. The van der Waals surface area contributed by atoms with Crippen LogP contribution in [0.3, 0.4) is 0 Å². The maximum absolute atomic E-state index is 12.6. The summed E-state index contributed by atoms with van der Waals surface area (Å²) in [6.07, 6.45) is 6.18. The number of carbonyl (C=O) groups is 1. The highest BCUT2D eigenvalue weighted by Gasteiger charge is 2.52. The molecule has 190 valence electrons. The Morgan fingerprint density at radius 3 is 2.18 bits per heavy atom.